The van der Waals surface area contributed by atoms with E-state index in [4.69, 9.17) is 16.7 Å². The Morgan fingerprint density at radius 1 is 1.47 bits per heavy atom. The number of aliphatic hydroxyl groups is 1. The number of carboxylic acids is 1. The second-order valence-corrected chi connectivity index (χ2v) is 4.65. The Morgan fingerprint density at radius 2 is 2.24 bits per heavy atom. The monoisotopic (exact) mass is 255 g/mol. The van der Waals surface area contributed by atoms with Gasteiger partial charge in [0.05, 0.1) is 17.4 Å². The largest absolute Gasteiger partial charge is 0.478 e. The fraction of sp³-hybridized carbons (Fsp3) is 0.417. The molecule has 0 amide bonds. The number of aromatic carboxylic acids is 1. The number of halogens is 1. The number of anilines is 1. The lowest BCUT2D eigenvalue weighted by molar-refractivity contribution is 0.0696. The Balaban J connectivity index is 2.33. The Kier molecular flexibility index (Phi) is 3.54. The van der Waals surface area contributed by atoms with Crippen molar-refractivity contribution in [3.8, 4) is 0 Å². The van der Waals surface area contributed by atoms with Crippen molar-refractivity contribution in [3.05, 3.63) is 28.8 Å². The molecule has 0 radical (unpaired) electrons. The number of carbonyl (C=O) groups is 1. The standard InChI is InChI=1S/C12H14ClNO3/c13-8-3-4-11(10(6-8)12(16)17)14-5-1-2-9(15)7-14/h3-4,6,9,15H,1-2,5,7H2,(H,16,17). The number of aliphatic hydroxyl groups excluding tert-OH is 1. The highest BCUT2D eigenvalue weighted by atomic mass is 35.5. The van der Waals surface area contributed by atoms with Gasteiger partial charge in [0.25, 0.3) is 0 Å². The zero-order valence-corrected chi connectivity index (χ0v) is 10.0. The first-order chi connectivity index (χ1) is 8.08. The van der Waals surface area contributed by atoms with Crippen LogP contribution in [0.2, 0.25) is 5.02 Å². The number of rotatable bonds is 2. The van der Waals surface area contributed by atoms with Gasteiger partial charge in [0, 0.05) is 18.1 Å². The van der Waals surface area contributed by atoms with Crippen LogP contribution in [0.5, 0.6) is 0 Å². The molecule has 1 aromatic carbocycles. The summed E-state index contributed by atoms with van der Waals surface area (Å²) in [4.78, 5) is 13.0. The number of carboxylic acid groups (broad SMARTS) is 1. The summed E-state index contributed by atoms with van der Waals surface area (Å²) in [6, 6.07) is 4.81. The smallest absolute Gasteiger partial charge is 0.337 e. The maximum Gasteiger partial charge on any atom is 0.337 e. The van der Waals surface area contributed by atoms with Crippen molar-refractivity contribution >= 4 is 23.3 Å². The predicted octanol–water partition coefficient (Wildman–Crippen LogP) is 2.00. The van der Waals surface area contributed by atoms with E-state index >= 15 is 0 Å². The average Bonchev–Trinajstić information content (AvgIpc) is 2.28. The van der Waals surface area contributed by atoms with E-state index in [1.54, 1.807) is 12.1 Å². The molecule has 92 valence electrons. The highest BCUT2D eigenvalue weighted by molar-refractivity contribution is 6.31. The third kappa shape index (κ3) is 2.70. The van der Waals surface area contributed by atoms with Gasteiger partial charge in [-0.05, 0) is 31.0 Å². The van der Waals surface area contributed by atoms with Crippen LogP contribution in [0.4, 0.5) is 5.69 Å². The fourth-order valence-corrected chi connectivity index (χ4v) is 2.30. The van der Waals surface area contributed by atoms with Crippen LogP contribution in [0.25, 0.3) is 0 Å². The summed E-state index contributed by atoms with van der Waals surface area (Å²) in [5.41, 5.74) is 0.812. The minimum Gasteiger partial charge on any atom is -0.478 e. The first-order valence-corrected chi connectivity index (χ1v) is 5.91. The first-order valence-electron chi connectivity index (χ1n) is 5.54. The molecule has 0 spiro atoms. The van der Waals surface area contributed by atoms with Gasteiger partial charge in [-0.3, -0.25) is 0 Å². The van der Waals surface area contributed by atoms with Crippen LogP contribution in [-0.2, 0) is 0 Å². The van der Waals surface area contributed by atoms with Crippen molar-refractivity contribution in [2.45, 2.75) is 18.9 Å². The molecule has 0 aliphatic carbocycles. The van der Waals surface area contributed by atoms with E-state index in [0.717, 1.165) is 19.4 Å². The van der Waals surface area contributed by atoms with Crippen LogP contribution in [-0.4, -0.2) is 35.4 Å². The molecule has 1 aliphatic heterocycles. The maximum absolute atomic E-state index is 11.2. The number of benzene rings is 1. The van der Waals surface area contributed by atoms with E-state index in [1.165, 1.54) is 6.07 Å². The number of piperidine rings is 1. The van der Waals surface area contributed by atoms with E-state index in [0.29, 0.717) is 17.3 Å². The molecule has 1 fully saturated rings. The van der Waals surface area contributed by atoms with Gasteiger partial charge in [-0.2, -0.15) is 0 Å². The molecule has 4 nitrogen and oxygen atoms in total. The predicted molar refractivity (Wildman–Crippen MR) is 65.9 cm³/mol. The summed E-state index contributed by atoms with van der Waals surface area (Å²) in [7, 11) is 0. The van der Waals surface area contributed by atoms with E-state index in [1.807, 2.05) is 4.90 Å². The molecule has 0 bridgehead atoms. The van der Waals surface area contributed by atoms with E-state index in [-0.39, 0.29) is 11.7 Å². The number of β-amino-alcohol motifs (C(OH)–C–C–N with tert-alkyl or cyclic N) is 1. The zero-order valence-electron chi connectivity index (χ0n) is 9.27. The van der Waals surface area contributed by atoms with Gasteiger partial charge in [-0.25, -0.2) is 4.79 Å². The highest BCUT2D eigenvalue weighted by Gasteiger charge is 2.22. The quantitative estimate of drug-likeness (QED) is 0.849. The van der Waals surface area contributed by atoms with Crippen LogP contribution in [0.15, 0.2) is 18.2 Å². The summed E-state index contributed by atoms with van der Waals surface area (Å²) in [6.07, 6.45) is 1.25. The second kappa shape index (κ2) is 4.94. The lowest BCUT2D eigenvalue weighted by Gasteiger charge is -2.32. The van der Waals surface area contributed by atoms with Gasteiger partial charge in [0.15, 0.2) is 0 Å². The topological polar surface area (TPSA) is 60.8 Å². The normalized spacial score (nSPS) is 20.4. The first kappa shape index (κ1) is 12.2. The lowest BCUT2D eigenvalue weighted by Crippen LogP contribution is -2.39. The Bertz CT molecular complexity index is 436. The van der Waals surface area contributed by atoms with Crippen molar-refractivity contribution in [2.75, 3.05) is 18.0 Å². The summed E-state index contributed by atoms with van der Waals surface area (Å²) in [5, 5.41) is 19.2. The van der Waals surface area contributed by atoms with Gasteiger partial charge in [-0.15, -0.1) is 0 Å². The van der Waals surface area contributed by atoms with Crippen molar-refractivity contribution in [2.24, 2.45) is 0 Å². The molecule has 1 unspecified atom stereocenters. The molecular formula is C12H14ClNO3. The van der Waals surface area contributed by atoms with Crippen molar-refractivity contribution in [1.29, 1.82) is 0 Å². The molecule has 1 saturated heterocycles. The molecule has 1 aromatic rings. The van der Waals surface area contributed by atoms with Crippen LogP contribution in [0.3, 0.4) is 0 Å². The van der Waals surface area contributed by atoms with Crippen LogP contribution < -0.4 is 4.90 Å². The SMILES string of the molecule is O=C(O)c1cc(Cl)ccc1N1CCCC(O)C1. The molecule has 2 N–H and O–H groups in total. The number of hydrogen-bond acceptors (Lipinski definition) is 3. The Morgan fingerprint density at radius 3 is 2.88 bits per heavy atom. The van der Waals surface area contributed by atoms with Gasteiger partial charge in [0.2, 0.25) is 0 Å². The summed E-state index contributed by atoms with van der Waals surface area (Å²) in [5.74, 6) is -0.998. The minimum atomic E-state index is -0.998. The molecule has 5 heteroatoms. The van der Waals surface area contributed by atoms with Gasteiger partial charge < -0.3 is 15.1 Å². The van der Waals surface area contributed by atoms with Crippen LogP contribution >= 0.6 is 11.6 Å². The van der Waals surface area contributed by atoms with E-state index < -0.39 is 5.97 Å². The van der Waals surface area contributed by atoms with E-state index in [9.17, 15) is 9.90 Å². The summed E-state index contributed by atoms with van der Waals surface area (Å²) >= 11 is 5.80. The number of hydrogen-bond donors (Lipinski definition) is 2. The van der Waals surface area contributed by atoms with Crippen molar-refractivity contribution < 1.29 is 15.0 Å². The van der Waals surface area contributed by atoms with Crippen molar-refractivity contribution in [3.63, 3.8) is 0 Å². The summed E-state index contributed by atoms with van der Waals surface area (Å²) in [6.45, 7) is 1.24. The molecular weight excluding hydrogens is 242 g/mol. The minimum absolute atomic E-state index is 0.187. The average molecular weight is 256 g/mol. The molecule has 1 heterocycles. The van der Waals surface area contributed by atoms with E-state index in [2.05, 4.69) is 0 Å². The molecule has 1 aliphatic rings. The van der Waals surface area contributed by atoms with Gasteiger partial charge in [-0.1, -0.05) is 11.6 Å². The Labute approximate surface area is 104 Å². The number of nitrogens with zero attached hydrogens (tertiary/aromatic N) is 1. The van der Waals surface area contributed by atoms with Crippen molar-refractivity contribution in [1.82, 2.24) is 0 Å². The molecule has 17 heavy (non-hydrogen) atoms. The highest BCUT2D eigenvalue weighted by Crippen LogP contribution is 2.27. The third-order valence-electron chi connectivity index (χ3n) is 2.93. The van der Waals surface area contributed by atoms with Gasteiger partial charge >= 0.3 is 5.97 Å². The third-order valence-corrected chi connectivity index (χ3v) is 3.16. The lowest BCUT2D eigenvalue weighted by atomic mass is 10.1. The van der Waals surface area contributed by atoms with Crippen LogP contribution in [0.1, 0.15) is 23.2 Å². The molecule has 2 rings (SSSR count). The summed E-state index contributed by atoms with van der Waals surface area (Å²) < 4.78 is 0. The second-order valence-electron chi connectivity index (χ2n) is 4.21. The fourth-order valence-electron chi connectivity index (χ4n) is 2.13. The Hall–Kier alpha value is -1.26. The van der Waals surface area contributed by atoms with Crippen LogP contribution in [0, 0.1) is 0 Å². The maximum atomic E-state index is 11.2. The van der Waals surface area contributed by atoms with Gasteiger partial charge in [0.1, 0.15) is 0 Å². The molecule has 1 atom stereocenters. The zero-order chi connectivity index (χ0) is 12.4. The molecule has 0 aromatic heterocycles. The molecule has 0 saturated carbocycles.